The van der Waals surface area contributed by atoms with E-state index >= 15 is 0 Å². The van der Waals surface area contributed by atoms with Crippen LogP contribution in [0, 0.1) is 0 Å². The molecule has 0 unspecified atom stereocenters. The van der Waals surface area contributed by atoms with Crippen molar-refractivity contribution in [3.63, 3.8) is 0 Å². The molecule has 0 N–H and O–H groups in total. The molecule has 0 spiro atoms. The summed E-state index contributed by atoms with van der Waals surface area (Å²) in [4.78, 5) is 15.1. The fourth-order valence-corrected chi connectivity index (χ4v) is 5.08. The highest BCUT2D eigenvalue weighted by Crippen LogP contribution is 2.35. The molecule has 37 heavy (non-hydrogen) atoms. The van der Waals surface area contributed by atoms with Crippen molar-refractivity contribution in [2.24, 2.45) is 0 Å². The highest BCUT2D eigenvalue weighted by atomic mass is 16.3. The number of aromatic nitrogens is 5. The van der Waals surface area contributed by atoms with Crippen LogP contribution in [0.4, 0.5) is 0 Å². The monoisotopic (exact) mass is 477 g/mol. The number of rotatable bonds is 3. The summed E-state index contributed by atoms with van der Waals surface area (Å²) < 4.78 is 10.5. The summed E-state index contributed by atoms with van der Waals surface area (Å²) in [6.07, 6.45) is 0. The molecule has 4 aromatic carbocycles. The summed E-state index contributed by atoms with van der Waals surface area (Å²) in [5, 5.41) is 0.995. The Hall–Kier alpha value is -5.23. The maximum Gasteiger partial charge on any atom is 0.234 e. The topological polar surface area (TPSA) is 61.2 Å². The fourth-order valence-electron chi connectivity index (χ4n) is 5.08. The van der Waals surface area contributed by atoms with Crippen LogP contribution in [0.15, 0.2) is 120 Å². The Balaban J connectivity index is 1.49. The van der Waals surface area contributed by atoms with Gasteiger partial charge in [-0.15, -0.1) is 0 Å². The Morgan fingerprint density at radius 2 is 1.27 bits per heavy atom. The Morgan fingerprint density at radius 3 is 2.08 bits per heavy atom. The lowest BCUT2D eigenvalue weighted by molar-refractivity contribution is 0.651. The van der Waals surface area contributed by atoms with Crippen LogP contribution in [0.1, 0.15) is 0 Å². The third-order valence-electron chi connectivity index (χ3n) is 6.77. The van der Waals surface area contributed by atoms with Crippen molar-refractivity contribution in [2.45, 2.75) is 0 Å². The van der Waals surface area contributed by atoms with E-state index < -0.39 is 0 Å². The average molecular weight is 478 g/mol. The molecule has 174 valence electrons. The molecule has 0 aliphatic carbocycles. The maximum atomic E-state index is 6.30. The zero-order valence-electron chi connectivity index (χ0n) is 19.6. The first-order valence-corrected chi connectivity index (χ1v) is 12.1. The largest absolute Gasteiger partial charge is 0.437 e. The van der Waals surface area contributed by atoms with Crippen molar-refractivity contribution in [2.75, 3.05) is 0 Å². The van der Waals surface area contributed by atoms with Gasteiger partial charge in [0.25, 0.3) is 0 Å². The normalized spacial score (nSPS) is 11.8. The summed E-state index contributed by atoms with van der Waals surface area (Å²) >= 11 is 0. The third kappa shape index (κ3) is 2.96. The van der Waals surface area contributed by atoms with Gasteiger partial charge in [0.15, 0.2) is 5.82 Å². The second kappa shape index (κ2) is 7.63. The lowest BCUT2D eigenvalue weighted by Gasteiger charge is -2.10. The number of para-hydroxylation sites is 3. The molecule has 8 aromatic rings. The second-order valence-electron chi connectivity index (χ2n) is 8.99. The van der Waals surface area contributed by atoms with E-state index in [4.69, 9.17) is 19.4 Å². The predicted octanol–water partition coefficient (Wildman–Crippen LogP) is 7.30. The second-order valence-corrected chi connectivity index (χ2v) is 8.99. The van der Waals surface area contributed by atoms with Crippen LogP contribution < -0.4 is 0 Å². The minimum absolute atomic E-state index is 0.661. The van der Waals surface area contributed by atoms with Crippen LogP contribution in [0.3, 0.4) is 0 Å². The zero-order valence-corrected chi connectivity index (χ0v) is 19.6. The number of hydrogen-bond acceptors (Lipinski definition) is 4. The lowest BCUT2D eigenvalue weighted by Crippen LogP contribution is -2.03. The van der Waals surface area contributed by atoms with Gasteiger partial charge in [-0.2, -0.15) is 0 Å². The van der Waals surface area contributed by atoms with Crippen molar-refractivity contribution in [3.8, 4) is 28.5 Å². The number of hydrogen-bond donors (Lipinski definition) is 0. The average Bonchev–Trinajstić information content (AvgIpc) is 3.61. The number of fused-ring (bicyclic) bond motifs is 7. The van der Waals surface area contributed by atoms with E-state index in [1.165, 1.54) is 0 Å². The van der Waals surface area contributed by atoms with E-state index in [2.05, 4.69) is 33.2 Å². The molecule has 0 saturated heterocycles. The maximum absolute atomic E-state index is 6.30. The molecule has 6 heteroatoms. The van der Waals surface area contributed by atoms with Gasteiger partial charge in [0, 0.05) is 22.6 Å². The molecule has 0 atom stereocenters. The fraction of sp³-hybridized carbons (Fsp3) is 0. The van der Waals surface area contributed by atoms with Crippen LogP contribution in [0.2, 0.25) is 0 Å². The SMILES string of the molecule is c1ccc(-c2cc(-n3c4ccccc4n4c5oc6ccccc6c5nc34)nc(-c3ccccc3)n2)cc1. The van der Waals surface area contributed by atoms with E-state index in [-0.39, 0.29) is 0 Å². The molecule has 0 radical (unpaired) electrons. The van der Waals surface area contributed by atoms with Crippen molar-refractivity contribution < 1.29 is 4.42 Å². The number of furan rings is 1. The molecular weight excluding hydrogens is 458 g/mol. The first-order valence-electron chi connectivity index (χ1n) is 12.1. The van der Waals surface area contributed by atoms with Crippen LogP contribution >= 0.6 is 0 Å². The van der Waals surface area contributed by atoms with Crippen molar-refractivity contribution in [1.82, 2.24) is 23.9 Å². The molecule has 0 aliphatic rings. The molecule has 0 saturated carbocycles. The molecule has 4 aromatic heterocycles. The highest BCUT2D eigenvalue weighted by molar-refractivity contribution is 6.04. The van der Waals surface area contributed by atoms with Crippen LogP contribution in [0.5, 0.6) is 0 Å². The van der Waals surface area contributed by atoms with Gasteiger partial charge in [-0.25, -0.2) is 19.4 Å². The lowest BCUT2D eigenvalue weighted by atomic mass is 10.1. The summed E-state index contributed by atoms with van der Waals surface area (Å²) in [7, 11) is 0. The Labute approximate surface area is 211 Å². The van der Waals surface area contributed by atoms with Crippen LogP contribution in [0.25, 0.3) is 67.5 Å². The first-order chi connectivity index (χ1) is 18.3. The highest BCUT2D eigenvalue weighted by Gasteiger charge is 2.22. The van der Waals surface area contributed by atoms with E-state index in [1.54, 1.807) is 0 Å². The molecule has 4 heterocycles. The standard InChI is InChI=1S/C31H19N5O/c1-3-11-20(12-4-1)23-19-27(33-29(32-23)21-13-5-2-6-14-21)35-24-16-8-9-17-25(24)36-30-28(34-31(35)36)22-15-7-10-18-26(22)37-30/h1-19H. The summed E-state index contributed by atoms with van der Waals surface area (Å²) in [5.41, 5.74) is 7.21. The van der Waals surface area contributed by atoms with Gasteiger partial charge in [-0.05, 0) is 24.3 Å². The minimum Gasteiger partial charge on any atom is -0.437 e. The van der Waals surface area contributed by atoms with Gasteiger partial charge in [-0.3, -0.25) is 4.57 Å². The molecular formula is C31H19N5O. The van der Waals surface area contributed by atoms with E-state index in [9.17, 15) is 0 Å². The van der Waals surface area contributed by atoms with E-state index in [0.29, 0.717) is 5.82 Å². The number of imidazole rings is 2. The summed E-state index contributed by atoms with van der Waals surface area (Å²) in [5.74, 6) is 2.15. The number of benzene rings is 4. The Bertz CT molecular complexity index is 2030. The molecule has 8 rings (SSSR count). The molecule has 0 aliphatic heterocycles. The first kappa shape index (κ1) is 20.0. The summed E-state index contributed by atoms with van der Waals surface area (Å²) in [6.45, 7) is 0. The van der Waals surface area contributed by atoms with Crippen molar-refractivity contribution in [3.05, 3.63) is 115 Å². The number of nitrogens with zero attached hydrogens (tertiary/aromatic N) is 5. The van der Waals surface area contributed by atoms with Crippen molar-refractivity contribution in [1.29, 1.82) is 0 Å². The van der Waals surface area contributed by atoms with Gasteiger partial charge in [0.1, 0.15) is 16.9 Å². The van der Waals surface area contributed by atoms with Crippen molar-refractivity contribution >= 4 is 39.0 Å². The van der Waals surface area contributed by atoms with Gasteiger partial charge in [0.2, 0.25) is 11.5 Å². The predicted molar refractivity (Wildman–Crippen MR) is 146 cm³/mol. The molecule has 0 fully saturated rings. The Morgan fingerprint density at radius 1 is 0.595 bits per heavy atom. The van der Waals surface area contributed by atoms with E-state index in [1.807, 2.05) is 91.0 Å². The molecule has 0 bridgehead atoms. The van der Waals surface area contributed by atoms with Gasteiger partial charge < -0.3 is 4.42 Å². The summed E-state index contributed by atoms with van der Waals surface area (Å²) in [6, 6.07) is 38.6. The van der Waals surface area contributed by atoms with Gasteiger partial charge >= 0.3 is 0 Å². The third-order valence-corrected chi connectivity index (χ3v) is 6.77. The smallest absolute Gasteiger partial charge is 0.234 e. The quantitative estimate of drug-likeness (QED) is 0.268. The van der Waals surface area contributed by atoms with Gasteiger partial charge in [0.05, 0.1) is 16.7 Å². The minimum atomic E-state index is 0.661. The Kier molecular flexibility index (Phi) is 4.13. The van der Waals surface area contributed by atoms with E-state index in [0.717, 1.165) is 61.6 Å². The van der Waals surface area contributed by atoms with Crippen LogP contribution in [-0.2, 0) is 0 Å². The molecule has 6 nitrogen and oxygen atoms in total. The van der Waals surface area contributed by atoms with Crippen LogP contribution in [-0.4, -0.2) is 23.9 Å². The molecule has 0 amide bonds. The van der Waals surface area contributed by atoms with Gasteiger partial charge in [-0.1, -0.05) is 84.9 Å². The zero-order chi connectivity index (χ0) is 24.3.